The van der Waals surface area contributed by atoms with Crippen LogP contribution in [-0.2, 0) is 23.9 Å². The summed E-state index contributed by atoms with van der Waals surface area (Å²) in [6, 6.07) is 11.1. The van der Waals surface area contributed by atoms with Crippen LogP contribution in [0.5, 0.6) is 5.75 Å². The molecule has 0 aliphatic carbocycles. The van der Waals surface area contributed by atoms with E-state index in [0.29, 0.717) is 16.1 Å². The minimum atomic E-state index is -1.97. The van der Waals surface area contributed by atoms with E-state index in [1.54, 1.807) is 50.2 Å². The molecule has 0 bridgehead atoms. The smallest absolute Gasteiger partial charge is 0.338 e. The molecule has 4 rings (SSSR count). The van der Waals surface area contributed by atoms with Gasteiger partial charge in [-0.2, -0.15) is 0 Å². The van der Waals surface area contributed by atoms with Gasteiger partial charge in [0, 0.05) is 16.5 Å². The molecule has 2 heterocycles. The number of hydrogen-bond acceptors (Lipinski definition) is 7. The number of rotatable bonds is 5. The normalized spacial score (nSPS) is 23.0. The van der Waals surface area contributed by atoms with Crippen LogP contribution in [0.3, 0.4) is 0 Å². The highest BCUT2D eigenvalue weighted by Gasteiger charge is 2.68. The largest absolute Gasteiger partial charge is 0.464 e. The van der Waals surface area contributed by atoms with Crippen LogP contribution >= 0.6 is 23.2 Å². The van der Waals surface area contributed by atoms with Gasteiger partial charge in [0.05, 0.1) is 30.2 Å². The predicted octanol–water partition coefficient (Wildman–Crippen LogP) is 3.82. The standard InChI is InChI=1S/C23H21Cl2NO6/c1-3-30-21(28)23(22(29)31-4-2)17(12-8-6-5-7-9-12)16-18(26-23)14-10-13(24)11-15(25)19(14)32-20(16)27/h5-11,16-18,26H,3-4H2,1-2H3/t16-,17-,18-/m0/s1. The van der Waals surface area contributed by atoms with Crippen molar-refractivity contribution < 1.29 is 28.6 Å². The molecule has 2 aliphatic rings. The molecule has 0 amide bonds. The van der Waals surface area contributed by atoms with E-state index in [2.05, 4.69) is 5.32 Å². The topological polar surface area (TPSA) is 90.9 Å². The van der Waals surface area contributed by atoms with Gasteiger partial charge in [-0.05, 0) is 31.5 Å². The Labute approximate surface area is 194 Å². The molecule has 1 fully saturated rings. The van der Waals surface area contributed by atoms with Crippen molar-refractivity contribution in [3.63, 3.8) is 0 Å². The Hall–Kier alpha value is -2.61. The first kappa shape index (κ1) is 22.6. The Morgan fingerprint density at radius 3 is 2.28 bits per heavy atom. The van der Waals surface area contributed by atoms with E-state index in [1.807, 2.05) is 0 Å². The lowest BCUT2D eigenvalue weighted by molar-refractivity contribution is -0.166. The lowest BCUT2D eigenvalue weighted by Gasteiger charge is -2.32. The molecule has 0 aromatic heterocycles. The van der Waals surface area contributed by atoms with Gasteiger partial charge in [-0.25, -0.2) is 9.59 Å². The molecule has 1 saturated heterocycles. The SMILES string of the molecule is CCOC(=O)C1(C(=O)OCC)N[C@H]2c3cc(Cl)cc(Cl)c3OC(=O)[C@H]2[C@@H]1c1ccccc1. The van der Waals surface area contributed by atoms with Gasteiger partial charge in [0.1, 0.15) is 0 Å². The average molecular weight is 478 g/mol. The first-order chi connectivity index (χ1) is 15.3. The fraction of sp³-hybridized carbons (Fsp3) is 0.348. The Balaban J connectivity index is 1.98. The van der Waals surface area contributed by atoms with Gasteiger partial charge >= 0.3 is 17.9 Å². The molecule has 0 radical (unpaired) electrons. The van der Waals surface area contributed by atoms with Crippen LogP contribution < -0.4 is 10.1 Å². The summed E-state index contributed by atoms with van der Waals surface area (Å²) in [6.07, 6.45) is 0. The third kappa shape index (κ3) is 3.45. The molecule has 0 unspecified atom stereocenters. The molecular weight excluding hydrogens is 457 g/mol. The molecule has 3 atom stereocenters. The highest BCUT2D eigenvalue weighted by Crippen LogP contribution is 2.55. The van der Waals surface area contributed by atoms with Crippen LogP contribution in [0.1, 0.15) is 36.9 Å². The van der Waals surface area contributed by atoms with E-state index in [9.17, 15) is 14.4 Å². The molecule has 2 aromatic rings. The van der Waals surface area contributed by atoms with Gasteiger partial charge in [-0.15, -0.1) is 0 Å². The number of hydrogen-bond donors (Lipinski definition) is 1. The fourth-order valence-corrected chi connectivity index (χ4v) is 5.13. The predicted molar refractivity (Wildman–Crippen MR) is 117 cm³/mol. The third-order valence-corrected chi connectivity index (χ3v) is 6.27. The van der Waals surface area contributed by atoms with E-state index in [4.69, 9.17) is 37.4 Å². The third-order valence-electron chi connectivity index (χ3n) is 5.77. The zero-order valence-corrected chi connectivity index (χ0v) is 18.9. The summed E-state index contributed by atoms with van der Waals surface area (Å²) in [5.74, 6) is -4.03. The monoisotopic (exact) mass is 477 g/mol. The quantitative estimate of drug-likeness (QED) is 0.397. The fourth-order valence-electron chi connectivity index (χ4n) is 4.58. The highest BCUT2D eigenvalue weighted by atomic mass is 35.5. The number of carbonyl (C=O) groups is 3. The number of benzene rings is 2. The van der Waals surface area contributed by atoms with Gasteiger partial charge in [0.2, 0.25) is 5.54 Å². The second kappa shape index (κ2) is 8.73. The number of esters is 3. The summed E-state index contributed by atoms with van der Waals surface area (Å²) in [6.45, 7) is 3.35. The Morgan fingerprint density at radius 2 is 1.69 bits per heavy atom. The van der Waals surface area contributed by atoms with Crippen LogP contribution in [0.15, 0.2) is 42.5 Å². The molecule has 2 aromatic carbocycles. The van der Waals surface area contributed by atoms with Gasteiger partial charge in [0.15, 0.2) is 5.75 Å². The maximum Gasteiger partial charge on any atom is 0.338 e. The Bertz CT molecular complexity index is 1060. The van der Waals surface area contributed by atoms with Crippen LogP contribution in [0.25, 0.3) is 0 Å². The number of halogens is 2. The summed E-state index contributed by atoms with van der Waals surface area (Å²) < 4.78 is 16.2. The van der Waals surface area contributed by atoms with E-state index in [0.717, 1.165) is 0 Å². The Kier molecular flexibility index (Phi) is 6.16. The lowest BCUT2D eigenvalue weighted by atomic mass is 9.73. The number of carbonyl (C=O) groups excluding carboxylic acids is 3. The van der Waals surface area contributed by atoms with Crippen LogP contribution in [0.4, 0.5) is 0 Å². The molecule has 0 spiro atoms. The van der Waals surface area contributed by atoms with E-state index in [1.165, 1.54) is 6.07 Å². The van der Waals surface area contributed by atoms with Crippen molar-refractivity contribution in [1.29, 1.82) is 0 Å². The van der Waals surface area contributed by atoms with Gasteiger partial charge < -0.3 is 14.2 Å². The van der Waals surface area contributed by atoms with Crippen LogP contribution in [-0.4, -0.2) is 36.7 Å². The summed E-state index contributed by atoms with van der Waals surface area (Å²) in [4.78, 5) is 40.0. The van der Waals surface area contributed by atoms with E-state index < -0.39 is 41.3 Å². The first-order valence-corrected chi connectivity index (χ1v) is 11.0. The molecular formula is C23H21Cl2NO6. The summed E-state index contributed by atoms with van der Waals surface area (Å²) in [5.41, 5.74) is -0.913. The van der Waals surface area contributed by atoms with Crippen molar-refractivity contribution in [2.45, 2.75) is 31.3 Å². The molecule has 7 nitrogen and oxygen atoms in total. The lowest BCUT2D eigenvalue weighted by Crippen LogP contribution is -2.59. The number of nitrogens with one attached hydrogen (secondary N) is 1. The first-order valence-electron chi connectivity index (χ1n) is 10.2. The van der Waals surface area contributed by atoms with Crippen molar-refractivity contribution in [2.24, 2.45) is 5.92 Å². The van der Waals surface area contributed by atoms with Crippen LogP contribution in [0.2, 0.25) is 10.0 Å². The minimum absolute atomic E-state index is 0.0389. The van der Waals surface area contributed by atoms with E-state index in [-0.39, 0.29) is 24.0 Å². The van der Waals surface area contributed by atoms with Crippen molar-refractivity contribution in [2.75, 3.05) is 13.2 Å². The summed E-state index contributed by atoms with van der Waals surface area (Å²) in [5, 5.41) is 3.58. The zero-order chi connectivity index (χ0) is 23.0. The molecule has 1 N–H and O–H groups in total. The van der Waals surface area contributed by atoms with Crippen molar-refractivity contribution in [3.8, 4) is 5.75 Å². The maximum absolute atomic E-state index is 13.4. The second-order valence-electron chi connectivity index (χ2n) is 7.51. The second-order valence-corrected chi connectivity index (χ2v) is 8.36. The average Bonchev–Trinajstić information content (AvgIpc) is 3.14. The van der Waals surface area contributed by atoms with Gasteiger partial charge in [-0.1, -0.05) is 53.5 Å². The summed E-state index contributed by atoms with van der Waals surface area (Å²) >= 11 is 12.5. The molecule has 32 heavy (non-hydrogen) atoms. The van der Waals surface area contributed by atoms with Crippen molar-refractivity contribution in [1.82, 2.24) is 5.32 Å². The van der Waals surface area contributed by atoms with Crippen LogP contribution in [0, 0.1) is 5.92 Å². The highest BCUT2D eigenvalue weighted by molar-refractivity contribution is 6.36. The molecule has 9 heteroatoms. The Morgan fingerprint density at radius 1 is 1.06 bits per heavy atom. The molecule has 2 aliphatic heterocycles. The van der Waals surface area contributed by atoms with E-state index >= 15 is 0 Å². The van der Waals surface area contributed by atoms with Gasteiger partial charge in [-0.3, -0.25) is 10.1 Å². The summed E-state index contributed by atoms with van der Waals surface area (Å²) in [7, 11) is 0. The van der Waals surface area contributed by atoms with Crippen molar-refractivity contribution >= 4 is 41.1 Å². The number of ether oxygens (including phenoxy) is 3. The zero-order valence-electron chi connectivity index (χ0n) is 17.4. The molecule has 0 saturated carbocycles. The van der Waals surface area contributed by atoms with Gasteiger partial charge in [0.25, 0.3) is 0 Å². The maximum atomic E-state index is 13.4. The minimum Gasteiger partial charge on any atom is -0.464 e. The van der Waals surface area contributed by atoms with Crippen molar-refractivity contribution in [3.05, 3.63) is 63.6 Å². The molecule has 168 valence electrons. The number of fused-ring (bicyclic) bond motifs is 3.